The summed E-state index contributed by atoms with van der Waals surface area (Å²) < 4.78 is 5.46. The van der Waals surface area contributed by atoms with E-state index >= 15 is 0 Å². The summed E-state index contributed by atoms with van der Waals surface area (Å²) in [5.41, 5.74) is 6.60. The van der Waals surface area contributed by atoms with Crippen LogP contribution in [0.2, 0.25) is 0 Å². The fourth-order valence-electron chi connectivity index (χ4n) is 1.37. The molecule has 1 rings (SSSR count). The molecule has 0 saturated heterocycles. The number of hydrogen-bond donors (Lipinski definition) is 2. The van der Waals surface area contributed by atoms with Gasteiger partial charge in [-0.05, 0) is 24.1 Å². The van der Waals surface area contributed by atoms with E-state index in [2.05, 4.69) is 6.92 Å². The van der Waals surface area contributed by atoms with Crippen LogP contribution < -0.4 is 10.5 Å². The van der Waals surface area contributed by atoms with E-state index in [1.165, 1.54) is 0 Å². The lowest BCUT2D eigenvalue weighted by atomic mass is 10.0. The first-order valence-electron chi connectivity index (χ1n) is 5.35. The highest BCUT2D eigenvalue weighted by Crippen LogP contribution is 2.18. The van der Waals surface area contributed by atoms with E-state index in [0.717, 1.165) is 24.3 Å². The summed E-state index contributed by atoms with van der Waals surface area (Å²) in [7, 11) is 0. The highest BCUT2D eigenvalue weighted by Gasteiger charge is 2.07. The first kappa shape index (κ1) is 12.0. The number of hydrogen-bond acceptors (Lipinski definition) is 3. The Balaban J connectivity index is 2.62. The van der Waals surface area contributed by atoms with Crippen LogP contribution in [0.5, 0.6) is 5.75 Å². The van der Waals surface area contributed by atoms with Gasteiger partial charge in [-0.3, -0.25) is 0 Å². The standard InChI is InChI=1S/C12H19NO2/c1-2-7-15-12-5-3-10(4-6-12)11(8-13)9-14/h3-6,11,14H,2,7-9,13H2,1H3. The smallest absolute Gasteiger partial charge is 0.119 e. The van der Waals surface area contributed by atoms with Crippen molar-refractivity contribution < 1.29 is 9.84 Å². The first-order chi connectivity index (χ1) is 7.31. The number of benzene rings is 1. The molecule has 1 aromatic rings. The topological polar surface area (TPSA) is 55.5 Å². The van der Waals surface area contributed by atoms with E-state index in [1.807, 2.05) is 24.3 Å². The van der Waals surface area contributed by atoms with E-state index in [9.17, 15) is 0 Å². The largest absolute Gasteiger partial charge is 0.494 e. The quantitative estimate of drug-likeness (QED) is 0.746. The monoisotopic (exact) mass is 209 g/mol. The molecule has 15 heavy (non-hydrogen) atoms. The Bertz CT molecular complexity index is 267. The van der Waals surface area contributed by atoms with Crippen molar-refractivity contribution in [3.8, 4) is 5.75 Å². The molecule has 0 saturated carbocycles. The first-order valence-corrected chi connectivity index (χ1v) is 5.35. The minimum atomic E-state index is 0.0326. The van der Waals surface area contributed by atoms with Crippen molar-refractivity contribution in [3.05, 3.63) is 29.8 Å². The van der Waals surface area contributed by atoms with Gasteiger partial charge in [0.05, 0.1) is 13.2 Å². The van der Waals surface area contributed by atoms with Gasteiger partial charge in [-0.1, -0.05) is 19.1 Å². The van der Waals surface area contributed by atoms with Crippen LogP contribution in [0.15, 0.2) is 24.3 Å². The summed E-state index contributed by atoms with van der Waals surface area (Å²) in [4.78, 5) is 0. The fraction of sp³-hybridized carbons (Fsp3) is 0.500. The zero-order valence-electron chi connectivity index (χ0n) is 9.15. The van der Waals surface area contributed by atoms with Crippen LogP contribution in [0.25, 0.3) is 0 Å². The van der Waals surface area contributed by atoms with Crippen LogP contribution in [-0.4, -0.2) is 24.9 Å². The van der Waals surface area contributed by atoms with Crippen molar-refractivity contribution in [1.29, 1.82) is 0 Å². The van der Waals surface area contributed by atoms with Gasteiger partial charge in [-0.2, -0.15) is 0 Å². The molecule has 0 aromatic heterocycles. The van der Waals surface area contributed by atoms with Crippen LogP contribution in [-0.2, 0) is 0 Å². The summed E-state index contributed by atoms with van der Waals surface area (Å²) in [5.74, 6) is 0.902. The maximum absolute atomic E-state index is 9.08. The summed E-state index contributed by atoms with van der Waals surface area (Å²) in [6.07, 6.45) is 1.00. The zero-order valence-corrected chi connectivity index (χ0v) is 9.15. The lowest BCUT2D eigenvalue weighted by Gasteiger charge is -2.12. The van der Waals surface area contributed by atoms with Crippen LogP contribution in [0.1, 0.15) is 24.8 Å². The molecule has 0 aliphatic rings. The van der Waals surface area contributed by atoms with Crippen molar-refractivity contribution in [3.63, 3.8) is 0 Å². The molecule has 0 aliphatic heterocycles. The summed E-state index contributed by atoms with van der Waals surface area (Å²) in [6, 6.07) is 7.75. The Labute approximate surface area is 90.9 Å². The molecule has 1 unspecified atom stereocenters. The average Bonchev–Trinajstić information content (AvgIpc) is 2.29. The van der Waals surface area contributed by atoms with Crippen molar-refractivity contribution in [2.24, 2.45) is 5.73 Å². The van der Waals surface area contributed by atoms with Crippen molar-refractivity contribution in [2.45, 2.75) is 19.3 Å². The van der Waals surface area contributed by atoms with Crippen molar-refractivity contribution in [1.82, 2.24) is 0 Å². The van der Waals surface area contributed by atoms with Crippen LogP contribution in [0.3, 0.4) is 0 Å². The number of nitrogens with two attached hydrogens (primary N) is 1. The van der Waals surface area contributed by atoms with Crippen LogP contribution in [0.4, 0.5) is 0 Å². The highest BCUT2D eigenvalue weighted by atomic mass is 16.5. The van der Waals surface area contributed by atoms with E-state index in [1.54, 1.807) is 0 Å². The molecule has 0 radical (unpaired) electrons. The lowest BCUT2D eigenvalue weighted by molar-refractivity contribution is 0.267. The fourth-order valence-corrected chi connectivity index (χ4v) is 1.37. The number of rotatable bonds is 6. The molecule has 0 spiro atoms. The molecular weight excluding hydrogens is 190 g/mol. The van der Waals surface area contributed by atoms with E-state index in [4.69, 9.17) is 15.6 Å². The van der Waals surface area contributed by atoms with E-state index in [-0.39, 0.29) is 12.5 Å². The van der Waals surface area contributed by atoms with Crippen LogP contribution >= 0.6 is 0 Å². The second kappa shape index (κ2) is 6.43. The van der Waals surface area contributed by atoms with Gasteiger partial charge in [0.2, 0.25) is 0 Å². The van der Waals surface area contributed by atoms with Gasteiger partial charge in [0.25, 0.3) is 0 Å². The Hall–Kier alpha value is -1.06. The predicted molar refractivity (Wildman–Crippen MR) is 61.1 cm³/mol. The van der Waals surface area contributed by atoms with Gasteiger partial charge in [0.15, 0.2) is 0 Å². The molecule has 3 N–H and O–H groups in total. The maximum atomic E-state index is 9.08. The van der Waals surface area contributed by atoms with Gasteiger partial charge in [-0.15, -0.1) is 0 Å². The van der Waals surface area contributed by atoms with Gasteiger partial charge in [0, 0.05) is 12.5 Å². The molecule has 0 heterocycles. The molecule has 1 atom stereocenters. The van der Waals surface area contributed by atoms with Gasteiger partial charge in [-0.25, -0.2) is 0 Å². The molecule has 3 heteroatoms. The van der Waals surface area contributed by atoms with Gasteiger partial charge in [0.1, 0.15) is 5.75 Å². The molecule has 0 aliphatic carbocycles. The average molecular weight is 209 g/mol. The maximum Gasteiger partial charge on any atom is 0.119 e. The molecular formula is C12H19NO2. The molecule has 1 aromatic carbocycles. The number of aliphatic hydroxyl groups excluding tert-OH is 1. The second-order valence-electron chi connectivity index (χ2n) is 3.53. The SMILES string of the molecule is CCCOc1ccc(C(CN)CO)cc1. The Kier molecular flexibility index (Phi) is 5.15. The van der Waals surface area contributed by atoms with E-state index in [0.29, 0.717) is 6.54 Å². The van der Waals surface area contributed by atoms with Crippen LogP contribution in [0, 0.1) is 0 Å². The molecule has 0 amide bonds. The third-order valence-corrected chi connectivity index (χ3v) is 2.33. The minimum Gasteiger partial charge on any atom is -0.494 e. The summed E-state index contributed by atoms with van der Waals surface area (Å²) in [5, 5.41) is 9.08. The summed E-state index contributed by atoms with van der Waals surface area (Å²) >= 11 is 0. The molecule has 84 valence electrons. The third kappa shape index (κ3) is 3.53. The summed E-state index contributed by atoms with van der Waals surface area (Å²) in [6.45, 7) is 3.36. The van der Waals surface area contributed by atoms with Crippen molar-refractivity contribution in [2.75, 3.05) is 19.8 Å². The second-order valence-corrected chi connectivity index (χ2v) is 3.53. The van der Waals surface area contributed by atoms with Gasteiger partial charge >= 0.3 is 0 Å². The molecule has 0 fully saturated rings. The van der Waals surface area contributed by atoms with E-state index < -0.39 is 0 Å². The zero-order chi connectivity index (χ0) is 11.1. The lowest BCUT2D eigenvalue weighted by Crippen LogP contribution is -2.15. The number of aliphatic hydroxyl groups is 1. The Morgan fingerprint density at radius 3 is 2.47 bits per heavy atom. The molecule has 0 bridgehead atoms. The van der Waals surface area contributed by atoms with Gasteiger partial charge < -0.3 is 15.6 Å². The van der Waals surface area contributed by atoms with Crippen molar-refractivity contribution >= 4 is 0 Å². The molecule has 3 nitrogen and oxygen atoms in total. The predicted octanol–water partition coefficient (Wildman–Crippen LogP) is 1.51. The Morgan fingerprint density at radius 2 is 2.00 bits per heavy atom. The minimum absolute atomic E-state index is 0.0326. The number of ether oxygens (including phenoxy) is 1. The highest BCUT2D eigenvalue weighted by molar-refractivity contribution is 5.29. The third-order valence-electron chi connectivity index (χ3n) is 2.33. The Morgan fingerprint density at radius 1 is 1.33 bits per heavy atom. The normalized spacial score (nSPS) is 12.5.